The molecule has 1 aromatic heterocycles. The van der Waals surface area contributed by atoms with Gasteiger partial charge in [0.1, 0.15) is 30.1 Å². The van der Waals surface area contributed by atoms with Gasteiger partial charge in [-0.3, -0.25) is 29.4 Å². The van der Waals surface area contributed by atoms with Crippen LogP contribution in [0.4, 0.5) is 0 Å². The van der Waals surface area contributed by atoms with Crippen LogP contribution >= 0.6 is 7.75 Å². The van der Waals surface area contributed by atoms with Crippen molar-refractivity contribution in [1.82, 2.24) is 14.6 Å². The molecule has 0 saturated carbocycles. The van der Waals surface area contributed by atoms with Crippen molar-refractivity contribution in [3.63, 3.8) is 0 Å². The van der Waals surface area contributed by atoms with E-state index in [4.69, 9.17) is 24.3 Å². The Morgan fingerprint density at radius 1 is 1.20 bits per heavy atom. The molecule has 0 bridgehead atoms. The first kappa shape index (κ1) is 29.6. The summed E-state index contributed by atoms with van der Waals surface area (Å²) in [7, 11) is -4.51. The van der Waals surface area contributed by atoms with E-state index in [0.29, 0.717) is 5.39 Å². The Bertz CT molecular complexity index is 1550. The SMILES string of the molecule is CCOC(=O)C(C)(C)NP(=O)(OC[C@@]1(N)O[C@@H](n2ccc(=O)[nH]c2=O)[C@H](O)[C@@H]1O)Oc1cccc2ccccc12. The average molecular weight is 579 g/mol. The zero-order valence-corrected chi connectivity index (χ0v) is 22.9. The molecule has 0 amide bonds. The molecular formula is C25H31N4O10P. The highest BCUT2D eigenvalue weighted by Crippen LogP contribution is 2.49. The number of carbonyl (C=O) groups excluding carboxylic acids is 1. The summed E-state index contributed by atoms with van der Waals surface area (Å²) in [6.07, 6.45) is -4.03. The fraction of sp³-hybridized carbons (Fsp3) is 0.400. The summed E-state index contributed by atoms with van der Waals surface area (Å²) in [6, 6.07) is 13.2. The van der Waals surface area contributed by atoms with Gasteiger partial charge in [0, 0.05) is 17.6 Å². The Balaban J connectivity index is 1.64. The number of rotatable bonds is 10. The molecule has 2 aromatic carbocycles. The number of fused-ring (bicyclic) bond motifs is 1. The Hall–Kier alpha value is -3.36. The Morgan fingerprint density at radius 2 is 1.90 bits per heavy atom. The van der Waals surface area contributed by atoms with Crippen LogP contribution in [0.5, 0.6) is 5.75 Å². The first-order chi connectivity index (χ1) is 18.8. The summed E-state index contributed by atoms with van der Waals surface area (Å²) in [5, 5.41) is 25.3. The summed E-state index contributed by atoms with van der Waals surface area (Å²) in [4.78, 5) is 38.3. The third-order valence-electron chi connectivity index (χ3n) is 6.21. The van der Waals surface area contributed by atoms with Crippen molar-refractivity contribution in [1.29, 1.82) is 0 Å². The van der Waals surface area contributed by atoms with Crippen LogP contribution < -0.4 is 26.6 Å². The fourth-order valence-electron chi connectivity index (χ4n) is 4.15. The number of aliphatic hydroxyl groups is 2. The minimum atomic E-state index is -4.51. The number of carbonyl (C=O) groups is 1. The maximum Gasteiger partial charge on any atom is 0.459 e. The number of aliphatic hydroxyl groups excluding tert-OH is 2. The first-order valence-electron chi connectivity index (χ1n) is 12.3. The molecule has 1 aliphatic rings. The van der Waals surface area contributed by atoms with Gasteiger partial charge in [-0.25, -0.2) is 9.36 Å². The van der Waals surface area contributed by atoms with Crippen LogP contribution in [0.1, 0.15) is 27.0 Å². The van der Waals surface area contributed by atoms with E-state index >= 15 is 0 Å². The van der Waals surface area contributed by atoms with Crippen LogP contribution in [0.2, 0.25) is 0 Å². The second kappa shape index (κ2) is 11.3. The number of benzene rings is 2. The Kier molecular flexibility index (Phi) is 8.33. The van der Waals surface area contributed by atoms with Crippen LogP contribution in [0.15, 0.2) is 64.3 Å². The van der Waals surface area contributed by atoms with E-state index in [0.717, 1.165) is 22.2 Å². The molecule has 0 aliphatic carbocycles. The molecule has 1 fully saturated rings. The number of esters is 1. The highest BCUT2D eigenvalue weighted by molar-refractivity contribution is 7.52. The molecule has 216 valence electrons. The molecule has 4 rings (SSSR count). The molecule has 0 spiro atoms. The van der Waals surface area contributed by atoms with E-state index < -0.39 is 61.3 Å². The van der Waals surface area contributed by atoms with Gasteiger partial charge in [0.2, 0.25) is 0 Å². The number of hydrogen-bond donors (Lipinski definition) is 5. The molecule has 40 heavy (non-hydrogen) atoms. The van der Waals surface area contributed by atoms with Crippen molar-refractivity contribution >= 4 is 24.5 Å². The molecule has 6 N–H and O–H groups in total. The minimum Gasteiger partial charge on any atom is -0.465 e. The van der Waals surface area contributed by atoms with E-state index in [1.54, 1.807) is 31.2 Å². The molecule has 1 saturated heterocycles. The van der Waals surface area contributed by atoms with Gasteiger partial charge >= 0.3 is 19.4 Å². The maximum absolute atomic E-state index is 14.2. The summed E-state index contributed by atoms with van der Waals surface area (Å²) >= 11 is 0. The van der Waals surface area contributed by atoms with Crippen LogP contribution in [0.25, 0.3) is 10.8 Å². The van der Waals surface area contributed by atoms with Crippen LogP contribution in [-0.4, -0.2) is 62.4 Å². The molecular weight excluding hydrogens is 547 g/mol. The van der Waals surface area contributed by atoms with Crippen molar-refractivity contribution in [2.24, 2.45) is 5.73 Å². The van der Waals surface area contributed by atoms with Gasteiger partial charge < -0.3 is 24.2 Å². The average Bonchev–Trinajstić information content (AvgIpc) is 3.12. The van der Waals surface area contributed by atoms with Gasteiger partial charge in [0.25, 0.3) is 5.56 Å². The fourth-order valence-corrected chi connectivity index (χ4v) is 5.88. The first-order valence-corrected chi connectivity index (χ1v) is 13.9. The second-order valence-corrected chi connectivity index (χ2v) is 11.4. The Morgan fingerprint density at radius 3 is 2.60 bits per heavy atom. The van der Waals surface area contributed by atoms with E-state index in [9.17, 15) is 29.2 Å². The summed E-state index contributed by atoms with van der Waals surface area (Å²) in [6.45, 7) is 3.68. The topological polar surface area (TPSA) is 204 Å². The summed E-state index contributed by atoms with van der Waals surface area (Å²) in [5.41, 5.74) is 0.848. The second-order valence-electron chi connectivity index (χ2n) is 9.71. The van der Waals surface area contributed by atoms with E-state index in [1.165, 1.54) is 13.8 Å². The van der Waals surface area contributed by atoms with Gasteiger partial charge in [-0.15, -0.1) is 0 Å². The van der Waals surface area contributed by atoms with E-state index in [2.05, 4.69) is 5.09 Å². The number of nitrogens with one attached hydrogen (secondary N) is 2. The predicted octanol–water partition coefficient (Wildman–Crippen LogP) is 0.730. The van der Waals surface area contributed by atoms with Crippen molar-refractivity contribution in [2.75, 3.05) is 13.2 Å². The number of nitrogens with two attached hydrogens (primary N) is 1. The molecule has 3 aromatic rings. The van der Waals surface area contributed by atoms with Gasteiger partial charge in [0.15, 0.2) is 12.0 Å². The van der Waals surface area contributed by atoms with Gasteiger partial charge in [-0.05, 0) is 32.2 Å². The summed E-state index contributed by atoms with van der Waals surface area (Å²) < 4.78 is 37.2. The lowest BCUT2D eigenvalue weighted by atomic mass is 10.1. The zero-order chi connectivity index (χ0) is 29.3. The van der Waals surface area contributed by atoms with Crippen molar-refractivity contribution in [2.45, 2.75) is 50.5 Å². The molecule has 5 atom stereocenters. The zero-order valence-electron chi connectivity index (χ0n) is 22.0. The molecule has 14 nitrogen and oxygen atoms in total. The third kappa shape index (κ3) is 6.03. The van der Waals surface area contributed by atoms with Crippen LogP contribution in [0.3, 0.4) is 0 Å². The van der Waals surface area contributed by atoms with Crippen molar-refractivity contribution in [3.8, 4) is 5.75 Å². The lowest BCUT2D eigenvalue weighted by molar-refractivity contribution is -0.149. The lowest BCUT2D eigenvalue weighted by Crippen LogP contribution is -2.55. The number of aromatic nitrogens is 2. The molecule has 0 radical (unpaired) electrons. The number of H-pyrrole nitrogens is 1. The number of nitrogens with zero attached hydrogens (tertiary/aromatic N) is 1. The molecule has 1 unspecified atom stereocenters. The number of ether oxygens (including phenoxy) is 2. The lowest BCUT2D eigenvalue weighted by Gasteiger charge is -2.32. The van der Waals surface area contributed by atoms with Crippen molar-refractivity contribution < 1.29 is 38.1 Å². The Labute approximate surface area is 228 Å². The predicted molar refractivity (Wildman–Crippen MR) is 142 cm³/mol. The standard InChI is InChI=1S/C25H31N4O10P/c1-4-36-22(33)24(2,3)28-40(35,39-17-11-7-9-15-8-5-6-10-16(15)17)37-14-25(26)20(32)19(31)21(38-25)29-13-12-18(30)27-23(29)34/h5-13,19-21,31-32H,4,14,26H2,1-3H3,(H,28,35)(H,27,30,34)/t19-,20+,21-,25-,40?/m1/s1. The largest absolute Gasteiger partial charge is 0.465 e. The quantitative estimate of drug-likeness (QED) is 0.167. The number of aromatic amines is 1. The van der Waals surface area contributed by atoms with Gasteiger partial charge in [-0.1, -0.05) is 36.4 Å². The van der Waals surface area contributed by atoms with Crippen LogP contribution in [0, 0.1) is 0 Å². The number of hydrogen-bond acceptors (Lipinski definition) is 11. The normalized spacial score (nSPS) is 24.5. The summed E-state index contributed by atoms with van der Waals surface area (Å²) in [5.74, 6) is -0.585. The monoisotopic (exact) mass is 578 g/mol. The minimum absolute atomic E-state index is 0.0641. The smallest absolute Gasteiger partial charge is 0.459 e. The maximum atomic E-state index is 14.2. The molecule has 2 heterocycles. The highest BCUT2D eigenvalue weighted by Gasteiger charge is 2.54. The third-order valence-corrected chi connectivity index (χ3v) is 7.95. The van der Waals surface area contributed by atoms with Crippen LogP contribution in [-0.2, 0) is 23.4 Å². The molecule has 1 aliphatic heterocycles. The van der Waals surface area contributed by atoms with Gasteiger partial charge in [-0.2, -0.15) is 5.09 Å². The van der Waals surface area contributed by atoms with E-state index in [1.807, 2.05) is 23.2 Å². The van der Waals surface area contributed by atoms with E-state index in [-0.39, 0.29) is 12.4 Å². The van der Waals surface area contributed by atoms with Gasteiger partial charge in [0.05, 0.1) is 6.61 Å². The highest BCUT2D eigenvalue weighted by atomic mass is 31.2. The van der Waals surface area contributed by atoms with Crippen molar-refractivity contribution in [3.05, 3.63) is 75.6 Å². The molecule has 15 heteroatoms.